The molecule has 3 aromatic rings. The predicted molar refractivity (Wildman–Crippen MR) is 104 cm³/mol. The number of fused-ring (bicyclic) bond motifs is 1. The molecular formula is C21H22N2O3S. The quantitative estimate of drug-likeness (QED) is 0.657. The Balaban J connectivity index is 1.50. The van der Waals surface area contributed by atoms with Crippen LogP contribution in [0.3, 0.4) is 0 Å². The molecule has 1 aliphatic rings. The fourth-order valence-electron chi connectivity index (χ4n) is 3.54. The van der Waals surface area contributed by atoms with E-state index in [4.69, 9.17) is 9.26 Å². The summed E-state index contributed by atoms with van der Waals surface area (Å²) < 4.78 is 11.1. The van der Waals surface area contributed by atoms with Crippen molar-refractivity contribution >= 4 is 17.2 Å². The van der Waals surface area contributed by atoms with Crippen molar-refractivity contribution in [3.8, 4) is 5.75 Å². The third-order valence-corrected chi connectivity index (χ3v) is 6.18. The Morgan fingerprint density at radius 1 is 1.37 bits per heavy atom. The molecule has 0 radical (unpaired) electrons. The maximum absolute atomic E-state index is 13.1. The number of aryl methyl sites for hydroxylation is 2. The number of carbonyl (C=O) groups excluding carboxylic acids is 1. The number of benzene rings is 1. The SMILES string of the molecule is Cc1noc(C)c1COc1cccc(C(=O)N2CCc3sccc3[C@@H]2C)c1. The van der Waals surface area contributed by atoms with Gasteiger partial charge in [0.25, 0.3) is 5.91 Å². The standard InChI is InChI=1S/C21H22N2O3S/c1-13-19(15(3)26-22-13)12-25-17-6-4-5-16(11-17)21(24)23-9-7-20-18(14(23)2)8-10-27-20/h4-6,8,10-11,14H,7,9,12H2,1-3H3/t14-/m0/s1. The van der Waals surface area contributed by atoms with Gasteiger partial charge in [0.15, 0.2) is 0 Å². The number of thiophene rings is 1. The zero-order valence-electron chi connectivity index (χ0n) is 15.7. The van der Waals surface area contributed by atoms with Gasteiger partial charge in [0, 0.05) is 17.0 Å². The van der Waals surface area contributed by atoms with Crippen LogP contribution >= 0.6 is 11.3 Å². The molecule has 1 aliphatic heterocycles. The first-order valence-electron chi connectivity index (χ1n) is 9.06. The highest BCUT2D eigenvalue weighted by Gasteiger charge is 2.29. The first-order chi connectivity index (χ1) is 13.0. The lowest BCUT2D eigenvalue weighted by Gasteiger charge is -2.33. The molecule has 0 N–H and O–H groups in total. The van der Waals surface area contributed by atoms with E-state index in [2.05, 4.69) is 23.5 Å². The van der Waals surface area contributed by atoms with Gasteiger partial charge in [-0.2, -0.15) is 0 Å². The van der Waals surface area contributed by atoms with Crippen LogP contribution in [0, 0.1) is 13.8 Å². The summed E-state index contributed by atoms with van der Waals surface area (Å²) in [5, 5.41) is 6.05. The maximum atomic E-state index is 13.1. The summed E-state index contributed by atoms with van der Waals surface area (Å²) in [6.45, 7) is 6.98. The molecule has 0 spiro atoms. The molecule has 0 bridgehead atoms. The summed E-state index contributed by atoms with van der Waals surface area (Å²) in [6, 6.07) is 9.62. The van der Waals surface area contributed by atoms with E-state index in [1.54, 1.807) is 11.3 Å². The third-order valence-electron chi connectivity index (χ3n) is 5.18. The molecule has 1 atom stereocenters. The minimum absolute atomic E-state index is 0.0436. The second-order valence-corrected chi connectivity index (χ2v) is 7.84. The molecule has 27 heavy (non-hydrogen) atoms. The molecule has 5 nitrogen and oxygen atoms in total. The van der Waals surface area contributed by atoms with Gasteiger partial charge in [0.1, 0.15) is 18.1 Å². The Labute approximate surface area is 162 Å². The molecule has 3 heterocycles. The summed E-state index contributed by atoms with van der Waals surface area (Å²) in [7, 11) is 0. The topological polar surface area (TPSA) is 55.6 Å². The van der Waals surface area contributed by atoms with E-state index in [0.717, 1.165) is 30.0 Å². The number of nitrogens with zero attached hydrogens (tertiary/aromatic N) is 2. The predicted octanol–water partition coefficient (Wildman–Crippen LogP) is 4.69. The molecule has 0 aliphatic carbocycles. The average Bonchev–Trinajstić information content (AvgIpc) is 3.27. The number of aromatic nitrogens is 1. The smallest absolute Gasteiger partial charge is 0.254 e. The molecule has 1 amide bonds. The van der Waals surface area contributed by atoms with Gasteiger partial charge in [-0.1, -0.05) is 11.2 Å². The second kappa shape index (κ2) is 7.19. The maximum Gasteiger partial charge on any atom is 0.254 e. The Kier molecular flexibility index (Phi) is 4.74. The van der Waals surface area contributed by atoms with Crippen molar-refractivity contribution in [2.75, 3.05) is 6.54 Å². The van der Waals surface area contributed by atoms with Crippen molar-refractivity contribution in [2.45, 2.75) is 39.8 Å². The van der Waals surface area contributed by atoms with Crippen molar-refractivity contribution in [1.82, 2.24) is 10.1 Å². The van der Waals surface area contributed by atoms with Crippen LogP contribution in [0.1, 0.15) is 50.8 Å². The van der Waals surface area contributed by atoms with E-state index in [1.807, 2.05) is 43.0 Å². The largest absolute Gasteiger partial charge is 0.489 e. The van der Waals surface area contributed by atoms with Crippen LogP contribution < -0.4 is 4.74 Å². The van der Waals surface area contributed by atoms with E-state index in [1.165, 1.54) is 10.4 Å². The minimum atomic E-state index is 0.0436. The van der Waals surface area contributed by atoms with Gasteiger partial charge in [-0.15, -0.1) is 11.3 Å². The van der Waals surface area contributed by atoms with Crippen LogP contribution in [0.15, 0.2) is 40.2 Å². The second-order valence-electron chi connectivity index (χ2n) is 6.84. The number of amides is 1. The van der Waals surface area contributed by atoms with Gasteiger partial charge in [0.05, 0.1) is 17.3 Å². The first kappa shape index (κ1) is 17.8. The molecule has 0 saturated carbocycles. The molecule has 0 fully saturated rings. The highest BCUT2D eigenvalue weighted by molar-refractivity contribution is 7.10. The number of hydrogen-bond donors (Lipinski definition) is 0. The zero-order valence-corrected chi connectivity index (χ0v) is 16.5. The van der Waals surface area contributed by atoms with Gasteiger partial charge in [-0.05, 0) is 62.4 Å². The Morgan fingerprint density at radius 3 is 3.00 bits per heavy atom. The average molecular weight is 382 g/mol. The van der Waals surface area contributed by atoms with Crippen LogP contribution in [-0.2, 0) is 13.0 Å². The highest BCUT2D eigenvalue weighted by atomic mass is 32.1. The summed E-state index contributed by atoms with van der Waals surface area (Å²) in [5.74, 6) is 1.47. The molecule has 4 rings (SSSR count). The lowest BCUT2D eigenvalue weighted by molar-refractivity contribution is 0.0679. The monoisotopic (exact) mass is 382 g/mol. The number of hydrogen-bond acceptors (Lipinski definition) is 5. The first-order valence-corrected chi connectivity index (χ1v) is 9.94. The van der Waals surface area contributed by atoms with E-state index >= 15 is 0 Å². The van der Waals surface area contributed by atoms with Crippen LogP contribution in [0.25, 0.3) is 0 Å². The van der Waals surface area contributed by atoms with Crippen LogP contribution in [0.5, 0.6) is 5.75 Å². The Morgan fingerprint density at radius 2 is 2.22 bits per heavy atom. The highest BCUT2D eigenvalue weighted by Crippen LogP contribution is 2.34. The fraction of sp³-hybridized carbons (Fsp3) is 0.333. The molecule has 1 aromatic carbocycles. The molecule has 140 valence electrons. The number of rotatable bonds is 4. The van der Waals surface area contributed by atoms with E-state index in [-0.39, 0.29) is 11.9 Å². The van der Waals surface area contributed by atoms with Crippen LogP contribution in [0.4, 0.5) is 0 Å². The molecular weight excluding hydrogens is 360 g/mol. The van der Waals surface area contributed by atoms with Crippen molar-refractivity contribution in [3.63, 3.8) is 0 Å². The number of ether oxygens (including phenoxy) is 1. The van der Waals surface area contributed by atoms with E-state index in [9.17, 15) is 4.79 Å². The molecule has 2 aromatic heterocycles. The molecule has 0 saturated heterocycles. The van der Waals surface area contributed by atoms with Crippen LogP contribution in [0.2, 0.25) is 0 Å². The summed E-state index contributed by atoms with van der Waals surface area (Å²) in [6.07, 6.45) is 0.922. The van der Waals surface area contributed by atoms with Crippen LogP contribution in [-0.4, -0.2) is 22.5 Å². The van der Waals surface area contributed by atoms with Gasteiger partial charge in [-0.3, -0.25) is 4.79 Å². The Bertz CT molecular complexity index is 956. The summed E-state index contributed by atoms with van der Waals surface area (Å²) in [4.78, 5) is 16.4. The van der Waals surface area contributed by atoms with Gasteiger partial charge >= 0.3 is 0 Å². The lowest BCUT2D eigenvalue weighted by atomic mass is 10.0. The van der Waals surface area contributed by atoms with E-state index < -0.39 is 0 Å². The van der Waals surface area contributed by atoms with Crippen molar-refractivity contribution in [3.05, 3.63) is 68.7 Å². The third kappa shape index (κ3) is 3.37. The van der Waals surface area contributed by atoms with Crippen molar-refractivity contribution in [1.29, 1.82) is 0 Å². The van der Waals surface area contributed by atoms with E-state index in [0.29, 0.717) is 17.9 Å². The molecule has 0 unspecified atom stereocenters. The van der Waals surface area contributed by atoms with Gasteiger partial charge < -0.3 is 14.2 Å². The number of carbonyl (C=O) groups is 1. The van der Waals surface area contributed by atoms with Gasteiger partial charge in [-0.25, -0.2) is 0 Å². The lowest BCUT2D eigenvalue weighted by Crippen LogP contribution is -2.38. The summed E-state index contributed by atoms with van der Waals surface area (Å²) >= 11 is 1.78. The van der Waals surface area contributed by atoms with Gasteiger partial charge in [0.2, 0.25) is 0 Å². The normalized spacial score (nSPS) is 16.3. The fourth-order valence-corrected chi connectivity index (χ4v) is 4.50. The van der Waals surface area contributed by atoms with Crippen molar-refractivity contribution < 1.29 is 14.1 Å². The van der Waals surface area contributed by atoms with Crippen molar-refractivity contribution in [2.24, 2.45) is 0 Å². The Hall–Kier alpha value is -2.60. The zero-order chi connectivity index (χ0) is 19.0. The minimum Gasteiger partial charge on any atom is -0.489 e. The summed E-state index contributed by atoms with van der Waals surface area (Å²) in [5.41, 5.74) is 3.69. The molecule has 6 heteroatoms.